The average Bonchev–Trinajstić information content (AvgIpc) is 2.85. The molecular weight excluding hydrogens is 568 g/mol. The Morgan fingerprint density at radius 2 is 1.66 bits per heavy atom. The van der Waals surface area contributed by atoms with Crippen LogP contribution in [-0.2, 0) is 21.0 Å². The van der Waals surface area contributed by atoms with E-state index in [0.29, 0.717) is 44.1 Å². The number of aromatic nitrogens is 1. The van der Waals surface area contributed by atoms with Gasteiger partial charge in [0.1, 0.15) is 15.7 Å². The Morgan fingerprint density at radius 3 is 2.21 bits per heavy atom. The number of hydrogen-bond acceptors (Lipinski definition) is 6. The van der Waals surface area contributed by atoms with Crippen molar-refractivity contribution in [3.8, 4) is 11.6 Å². The molecule has 1 aliphatic rings. The number of nitrogens with one attached hydrogen (secondary N) is 1. The third-order valence-electron chi connectivity index (χ3n) is 5.75. The van der Waals surface area contributed by atoms with E-state index in [-0.39, 0.29) is 22.5 Å². The van der Waals surface area contributed by atoms with Gasteiger partial charge in [0.15, 0.2) is 0 Å². The number of sulfonamides is 1. The maximum absolute atomic E-state index is 12.9. The molecule has 0 bridgehead atoms. The smallest absolute Gasteiger partial charge is 0.416 e. The number of alkyl halides is 3. The van der Waals surface area contributed by atoms with Gasteiger partial charge in [0, 0.05) is 38.8 Å². The van der Waals surface area contributed by atoms with Gasteiger partial charge in [-0.3, -0.25) is 9.52 Å². The van der Waals surface area contributed by atoms with E-state index < -0.39 is 31.7 Å². The quantitative estimate of drug-likeness (QED) is 0.399. The highest BCUT2D eigenvalue weighted by atomic mass is 35.5. The molecule has 1 N–H and O–H groups in total. The van der Waals surface area contributed by atoms with Gasteiger partial charge in [-0.15, -0.1) is 0 Å². The van der Waals surface area contributed by atoms with Crippen molar-refractivity contribution < 1.29 is 31.1 Å². The maximum Gasteiger partial charge on any atom is 0.416 e. The Bertz CT molecular complexity index is 1450. The molecule has 8 nitrogen and oxygen atoms in total. The molecule has 202 valence electrons. The van der Waals surface area contributed by atoms with Crippen LogP contribution in [0.1, 0.15) is 12.5 Å². The van der Waals surface area contributed by atoms with Gasteiger partial charge in [-0.25, -0.2) is 13.4 Å². The minimum absolute atomic E-state index is 0.00634. The zero-order valence-electron chi connectivity index (χ0n) is 19.8. The third kappa shape index (κ3) is 6.43. The van der Waals surface area contributed by atoms with Crippen molar-refractivity contribution in [2.24, 2.45) is 0 Å². The lowest BCUT2D eigenvalue weighted by atomic mass is 10.2. The first-order valence-corrected chi connectivity index (χ1v) is 13.4. The van der Waals surface area contributed by atoms with Crippen molar-refractivity contribution in [2.75, 3.05) is 35.8 Å². The van der Waals surface area contributed by atoms with Gasteiger partial charge in [0.2, 0.25) is 11.8 Å². The first kappa shape index (κ1) is 27.8. The Balaban J connectivity index is 1.42. The van der Waals surface area contributed by atoms with Gasteiger partial charge in [0.05, 0.1) is 22.5 Å². The minimum atomic E-state index is -4.67. The Morgan fingerprint density at radius 1 is 1.00 bits per heavy atom. The van der Waals surface area contributed by atoms with E-state index in [9.17, 15) is 26.4 Å². The summed E-state index contributed by atoms with van der Waals surface area (Å²) in [5, 5.41) is -0.594. The summed E-state index contributed by atoms with van der Waals surface area (Å²) < 4.78 is 71.8. The molecule has 1 fully saturated rings. The summed E-state index contributed by atoms with van der Waals surface area (Å²) in [7, 11) is -4.33. The van der Waals surface area contributed by atoms with Crippen molar-refractivity contribution >= 4 is 50.5 Å². The first-order valence-electron chi connectivity index (χ1n) is 11.2. The SMILES string of the molecule is CC(=O)N1CCN(c2ccc(Oc3ncc(NS(=O)(=O)c4ccc(C(F)(F)F)cc4Cl)cc3Cl)cc2)CC1. The highest BCUT2D eigenvalue weighted by Crippen LogP contribution is 2.35. The zero-order chi connectivity index (χ0) is 27.7. The number of amides is 1. The van der Waals surface area contributed by atoms with E-state index in [1.807, 2.05) is 12.1 Å². The van der Waals surface area contributed by atoms with Gasteiger partial charge in [-0.2, -0.15) is 13.2 Å². The van der Waals surface area contributed by atoms with E-state index in [1.165, 1.54) is 6.07 Å². The fourth-order valence-corrected chi connectivity index (χ4v) is 5.56. The molecule has 2 aromatic carbocycles. The Hall–Kier alpha value is -3.22. The highest BCUT2D eigenvalue weighted by molar-refractivity contribution is 7.92. The van der Waals surface area contributed by atoms with Gasteiger partial charge < -0.3 is 14.5 Å². The second-order valence-electron chi connectivity index (χ2n) is 8.35. The molecule has 38 heavy (non-hydrogen) atoms. The van der Waals surface area contributed by atoms with Crippen LogP contribution in [-0.4, -0.2) is 50.4 Å². The summed E-state index contributed by atoms with van der Waals surface area (Å²) in [5.41, 5.74) is -0.152. The second-order valence-corrected chi connectivity index (χ2v) is 10.8. The topological polar surface area (TPSA) is 91.8 Å². The number of halogens is 5. The van der Waals surface area contributed by atoms with Gasteiger partial charge >= 0.3 is 6.18 Å². The van der Waals surface area contributed by atoms with Crippen LogP contribution in [0.15, 0.2) is 59.6 Å². The molecule has 1 saturated heterocycles. The fourth-order valence-electron chi connectivity index (χ4n) is 3.78. The summed E-state index contributed by atoms with van der Waals surface area (Å²) in [6.45, 7) is 4.27. The number of nitrogens with zero attached hydrogens (tertiary/aromatic N) is 3. The van der Waals surface area contributed by atoms with E-state index in [0.717, 1.165) is 18.0 Å². The number of pyridine rings is 1. The molecule has 1 amide bonds. The van der Waals surface area contributed by atoms with Crippen LogP contribution in [0, 0.1) is 0 Å². The van der Waals surface area contributed by atoms with Crippen LogP contribution >= 0.6 is 23.2 Å². The van der Waals surface area contributed by atoms with Crippen molar-refractivity contribution in [3.63, 3.8) is 0 Å². The van der Waals surface area contributed by atoms with E-state index in [2.05, 4.69) is 14.6 Å². The molecule has 0 atom stereocenters. The summed E-state index contributed by atoms with van der Waals surface area (Å²) >= 11 is 12.0. The van der Waals surface area contributed by atoms with Crippen LogP contribution < -0.4 is 14.4 Å². The summed E-state index contributed by atoms with van der Waals surface area (Å²) in [4.78, 5) is 19.0. The standard InChI is InChI=1S/C24H21Cl2F3N4O4S/c1-15(34)32-8-10-33(11-9-32)18-3-5-19(6-4-18)37-23-21(26)13-17(14-30-23)31-38(35,36)22-7-2-16(12-20(22)25)24(27,28)29/h2-7,12-14,31H,8-11H2,1H3. The van der Waals surface area contributed by atoms with Crippen molar-refractivity contribution in [2.45, 2.75) is 18.0 Å². The molecular formula is C24H21Cl2F3N4O4S. The normalized spacial score (nSPS) is 14.4. The molecule has 3 aromatic rings. The first-order chi connectivity index (χ1) is 17.8. The lowest BCUT2D eigenvalue weighted by molar-refractivity contribution is -0.137. The van der Waals surface area contributed by atoms with Crippen LogP contribution in [0.4, 0.5) is 24.5 Å². The molecule has 0 spiro atoms. The third-order valence-corrected chi connectivity index (χ3v) is 7.88. The highest BCUT2D eigenvalue weighted by Gasteiger charge is 2.32. The second kappa shape index (κ2) is 10.9. The number of carbonyl (C=O) groups excluding carboxylic acids is 1. The number of anilines is 2. The van der Waals surface area contributed by atoms with Crippen LogP contribution in [0.2, 0.25) is 10.0 Å². The maximum atomic E-state index is 12.9. The van der Waals surface area contributed by atoms with Gasteiger partial charge in [0.25, 0.3) is 10.0 Å². The predicted molar refractivity (Wildman–Crippen MR) is 137 cm³/mol. The molecule has 2 heterocycles. The molecule has 0 aliphatic carbocycles. The zero-order valence-corrected chi connectivity index (χ0v) is 22.1. The lowest BCUT2D eigenvalue weighted by Gasteiger charge is -2.35. The number of rotatable bonds is 6. The number of benzene rings is 2. The number of ether oxygens (including phenoxy) is 1. The lowest BCUT2D eigenvalue weighted by Crippen LogP contribution is -2.48. The molecule has 0 saturated carbocycles. The molecule has 14 heteroatoms. The fraction of sp³-hybridized carbons (Fsp3) is 0.250. The molecule has 0 unspecified atom stereocenters. The summed E-state index contributed by atoms with van der Waals surface area (Å²) in [5.74, 6) is 0.514. The monoisotopic (exact) mass is 588 g/mol. The minimum Gasteiger partial charge on any atom is -0.438 e. The van der Waals surface area contributed by atoms with Crippen molar-refractivity contribution in [3.05, 3.63) is 70.3 Å². The number of hydrogen-bond donors (Lipinski definition) is 1. The summed E-state index contributed by atoms with van der Waals surface area (Å²) in [6.07, 6.45) is -3.52. The molecule has 4 rings (SSSR count). The Labute approximate surface area is 227 Å². The molecule has 0 radical (unpaired) electrons. The van der Waals surface area contributed by atoms with Crippen LogP contribution in [0.5, 0.6) is 11.6 Å². The van der Waals surface area contributed by atoms with Gasteiger partial charge in [-0.1, -0.05) is 23.2 Å². The molecule has 1 aliphatic heterocycles. The predicted octanol–water partition coefficient (Wildman–Crippen LogP) is 5.67. The van der Waals surface area contributed by atoms with Crippen molar-refractivity contribution in [1.82, 2.24) is 9.88 Å². The van der Waals surface area contributed by atoms with E-state index >= 15 is 0 Å². The van der Waals surface area contributed by atoms with Gasteiger partial charge in [-0.05, 0) is 48.5 Å². The van der Waals surface area contributed by atoms with Crippen LogP contribution in [0.25, 0.3) is 0 Å². The van der Waals surface area contributed by atoms with Crippen molar-refractivity contribution in [1.29, 1.82) is 0 Å². The number of carbonyl (C=O) groups is 1. The average molecular weight is 589 g/mol. The summed E-state index contributed by atoms with van der Waals surface area (Å²) in [6, 6.07) is 10.4. The number of piperazine rings is 1. The Kier molecular flexibility index (Phi) is 7.96. The molecule has 1 aromatic heterocycles. The van der Waals surface area contributed by atoms with Crippen LogP contribution in [0.3, 0.4) is 0 Å². The van der Waals surface area contributed by atoms with E-state index in [1.54, 1.807) is 24.0 Å². The van der Waals surface area contributed by atoms with E-state index in [4.69, 9.17) is 27.9 Å². The largest absolute Gasteiger partial charge is 0.438 e.